The molecular formula is C23H23Cl2NO4. The van der Waals surface area contributed by atoms with Crippen LogP contribution in [0.3, 0.4) is 0 Å². The molecule has 0 spiro atoms. The summed E-state index contributed by atoms with van der Waals surface area (Å²) in [4.78, 5) is 25.7. The van der Waals surface area contributed by atoms with Crippen LogP contribution in [0.4, 0.5) is 0 Å². The number of rotatable bonds is 6. The highest BCUT2D eigenvalue weighted by molar-refractivity contribution is 6.37. The smallest absolute Gasteiger partial charge is 0.311 e. The van der Waals surface area contributed by atoms with E-state index >= 15 is 0 Å². The van der Waals surface area contributed by atoms with Gasteiger partial charge in [-0.3, -0.25) is 14.2 Å². The fourth-order valence-electron chi connectivity index (χ4n) is 3.88. The molecule has 1 N–H and O–H groups in total. The van der Waals surface area contributed by atoms with Gasteiger partial charge < -0.3 is 9.84 Å². The van der Waals surface area contributed by atoms with Gasteiger partial charge in [0.1, 0.15) is 5.75 Å². The normalized spacial score (nSPS) is 13.3. The van der Waals surface area contributed by atoms with Crippen molar-refractivity contribution < 1.29 is 19.4 Å². The Bertz CT molecular complexity index is 1120. The van der Waals surface area contributed by atoms with E-state index in [0.717, 1.165) is 0 Å². The van der Waals surface area contributed by atoms with Gasteiger partial charge >= 0.3 is 5.97 Å². The third-order valence-corrected chi connectivity index (χ3v) is 6.25. The quantitative estimate of drug-likeness (QED) is 0.490. The number of hydrogen-bond donors (Lipinski definition) is 1. The standard InChI is InChI=1S/C23H23Cl2NO4/c1-5-12(2)18(23(28)29)19-13(3)26(22(27)14-6-8-15(24)9-7-14)16-10-11-17(30-4)21(25)20(16)19/h6-12,18H,5H2,1-4H3,(H,28,29)/t12?,18-/m0/s1. The maximum atomic E-state index is 13.4. The summed E-state index contributed by atoms with van der Waals surface area (Å²) in [6.45, 7) is 5.58. The molecule has 158 valence electrons. The van der Waals surface area contributed by atoms with Crippen LogP contribution in [-0.2, 0) is 4.79 Å². The van der Waals surface area contributed by atoms with Crippen molar-refractivity contribution in [2.45, 2.75) is 33.1 Å². The minimum atomic E-state index is -0.954. The molecule has 1 unspecified atom stereocenters. The van der Waals surface area contributed by atoms with Crippen molar-refractivity contribution in [2.75, 3.05) is 7.11 Å². The van der Waals surface area contributed by atoms with Crippen molar-refractivity contribution in [1.29, 1.82) is 0 Å². The van der Waals surface area contributed by atoms with Gasteiger partial charge in [0.25, 0.3) is 5.91 Å². The number of aliphatic carboxylic acids is 1. The lowest BCUT2D eigenvalue weighted by Crippen LogP contribution is -2.21. The van der Waals surface area contributed by atoms with Crippen LogP contribution in [-0.4, -0.2) is 28.7 Å². The summed E-state index contributed by atoms with van der Waals surface area (Å²) in [5.74, 6) is -1.79. The third kappa shape index (κ3) is 3.68. The number of hydrogen-bond acceptors (Lipinski definition) is 3. The molecule has 1 heterocycles. The molecule has 3 rings (SSSR count). The fraction of sp³-hybridized carbons (Fsp3) is 0.304. The maximum absolute atomic E-state index is 13.4. The molecule has 0 aliphatic carbocycles. The van der Waals surface area contributed by atoms with Crippen molar-refractivity contribution in [3.63, 3.8) is 0 Å². The SMILES string of the molecule is CCC(C)[C@H](C(=O)O)c1c(C)n(C(=O)c2ccc(Cl)cc2)c2ccc(OC)c(Cl)c12. The van der Waals surface area contributed by atoms with E-state index in [0.29, 0.717) is 49.9 Å². The zero-order valence-electron chi connectivity index (χ0n) is 17.2. The molecule has 0 fully saturated rings. The summed E-state index contributed by atoms with van der Waals surface area (Å²) in [6, 6.07) is 9.99. The first-order chi connectivity index (χ1) is 14.2. The zero-order valence-corrected chi connectivity index (χ0v) is 18.7. The van der Waals surface area contributed by atoms with Crippen molar-refractivity contribution in [3.05, 3.63) is 63.3 Å². The Morgan fingerprint density at radius 2 is 1.77 bits per heavy atom. The summed E-state index contributed by atoms with van der Waals surface area (Å²) in [5.41, 5.74) is 2.07. The van der Waals surface area contributed by atoms with Crippen LogP contribution in [0.1, 0.15) is 47.8 Å². The lowest BCUT2D eigenvalue weighted by atomic mass is 9.84. The number of ether oxygens (including phenoxy) is 1. The van der Waals surface area contributed by atoms with Gasteiger partial charge in [0.15, 0.2) is 0 Å². The Morgan fingerprint density at radius 3 is 2.30 bits per heavy atom. The van der Waals surface area contributed by atoms with Crippen LogP contribution in [0, 0.1) is 12.8 Å². The number of aromatic nitrogens is 1. The summed E-state index contributed by atoms with van der Waals surface area (Å²) in [7, 11) is 1.50. The highest BCUT2D eigenvalue weighted by Gasteiger charge is 2.34. The van der Waals surface area contributed by atoms with E-state index < -0.39 is 11.9 Å². The Labute approximate surface area is 185 Å². The topological polar surface area (TPSA) is 68.5 Å². The molecule has 0 aliphatic heterocycles. The van der Waals surface area contributed by atoms with Crippen molar-refractivity contribution >= 4 is 46.0 Å². The molecule has 0 amide bonds. The van der Waals surface area contributed by atoms with E-state index in [-0.39, 0.29) is 11.8 Å². The van der Waals surface area contributed by atoms with Crippen LogP contribution in [0.2, 0.25) is 10.0 Å². The third-order valence-electron chi connectivity index (χ3n) is 5.62. The van der Waals surface area contributed by atoms with Crippen molar-refractivity contribution in [2.24, 2.45) is 5.92 Å². The van der Waals surface area contributed by atoms with Gasteiger partial charge in [-0.05, 0) is 54.8 Å². The second-order valence-electron chi connectivity index (χ2n) is 7.32. The molecule has 2 atom stereocenters. The minimum Gasteiger partial charge on any atom is -0.495 e. The monoisotopic (exact) mass is 447 g/mol. The second kappa shape index (κ2) is 8.70. The number of carboxylic acids is 1. The van der Waals surface area contributed by atoms with E-state index in [1.54, 1.807) is 43.3 Å². The van der Waals surface area contributed by atoms with Crippen LogP contribution < -0.4 is 4.74 Å². The molecule has 5 nitrogen and oxygen atoms in total. The summed E-state index contributed by atoms with van der Waals surface area (Å²) < 4.78 is 6.88. The summed E-state index contributed by atoms with van der Waals surface area (Å²) in [6.07, 6.45) is 0.662. The number of carboxylic acid groups (broad SMARTS) is 1. The van der Waals surface area contributed by atoms with Gasteiger partial charge in [0.05, 0.1) is 23.6 Å². The maximum Gasteiger partial charge on any atom is 0.311 e. The molecule has 0 aliphatic rings. The highest BCUT2D eigenvalue weighted by atomic mass is 35.5. The van der Waals surface area contributed by atoms with Crippen LogP contribution in [0.5, 0.6) is 5.75 Å². The fourth-order valence-corrected chi connectivity index (χ4v) is 4.34. The number of carbonyl (C=O) groups is 2. The number of halogens is 2. The van der Waals surface area contributed by atoms with Crippen LogP contribution >= 0.6 is 23.2 Å². The van der Waals surface area contributed by atoms with E-state index in [1.807, 2.05) is 13.8 Å². The van der Waals surface area contributed by atoms with E-state index in [2.05, 4.69) is 0 Å². The van der Waals surface area contributed by atoms with Gasteiger partial charge in [0.2, 0.25) is 0 Å². The number of fused-ring (bicyclic) bond motifs is 1. The first-order valence-corrected chi connectivity index (χ1v) is 10.4. The molecule has 0 saturated carbocycles. The zero-order chi connectivity index (χ0) is 22.2. The van der Waals surface area contributed by atoms with Crippen molar-refractivity contribution in [1.82, 2.24) is 4.57 Å². The summed E-state index contributed by atoms with van der Waals surface area (Å²) >= 11 is 12.6. The Morgan fingerprint density at radius 1 is 1.13 bits per heavy atom. The van der Waals surface area contributed by atoms with Gasteiger partial charge in [0, 0.05) is 21.7 Å². The number of nitrogens with zero attached hydrogens (tertiary/aromatic N) is 1. The molecule has 3 aromatic rings. The van der Waals surface area contributed by atoms with Crippen molar-refractivity contribution in [3.8, 4) is 5.75 Å². The highest BCUT2D eigenvalue weighted by Crippen LogP contribution is 2.43. The van der Waals surface area contributed by atoms with E-state index in [1.165, 1.54) is 11.7 Å². The lowest BCUT2D eigenvalue weighted by Gasteiger charge is -2.20. The Balaban J connectivity index is 2.38. The molecule has 0 bridgehead atoms. The summed E-state index contributed by atoms with van der Waals surface area (Å²) in [5, 5.41) is 11.4. The second-order valence-corrected chi connectivity index (χ2v) is 8.14. The van der Waals surface area contributed by atoms with Gasteiger partial charge in [-0.25, -0.2) is 0 Å². The number of benzene rings is 2. The first kappa shape index (κ1) is 22.2. The van der Waals surface area contributed by atoms with Gasteiger partial charge in [-0.15, -0.1) is 0 Å². The molecular weight excluding hydrogens is 425 g/mol. The predicted octanol–water partition coefficient (Wildman–Crippen LogP) is 6.17. The largest absolute Gasteiger partial charge is 0.495 e. The van der Waals surface area contributed by atoms with Crippen LogP contribution in [0.15, 0.2) is 36.4 Å². The molecule has 0 radical (unpaired) electrons. The van der Waals surface area contributed by atoms with Gasteiger partial charge in [-0.1, -0.05) is 43.5 Å². The number of methoxy groups -OCH3 is 1. The Hall–Kier alpha value is -2.50. The van der Waals surface area contributed by atoms with E-state index in [4.69, 9.17) is 27.9 Å². The lowest BCUT2D eigenvalue weighted by molar-refractivity contribution is -0.140. The number of carbonyl (C=O) groups excluding carboxylic acids is 1. The molecule has 2 aromatic carbocycles. The average Bonchev–Trinajstić information content (AvgIpc) is 3.01. The molecule has 7 heteroatoms. The molecule has 0 saturated heterocycles. The van der Waals surface area contributed by atoms with E-state index in [9.17, 15) is 14.7 Å². The first-order valence-electron chi connectivity index (χ1n) is 9.63. The predicted molar refractivity (Wildman–Crippen MR) is 119 cm³/mol. The Kier molecular flexibility index (Phi) is 6.44. The molecule has 1 aromatic heterocycles. The average molecular weight is 448 g/mol. The molecule has 30 heavy (non-hydrogen) atoms. The minimum absolute atomic E-state index is 0.159. The van der Waals surface area contributed by atoms with Crippen LogP contribution in [0.25, 0.3) is 10.9 Å². The van der Waals surface area contributed by atoms with Gasteiger partial charge in [-0.2, -0.15) is 0 Å².